The molecule has 132 valence electrons. The third-order valence-corrected chi connectivity index (χ3v) is 4.64. The molecule has 1 aliphatic heterocycles. The number of hydrogen-bond acceptors (Lipinski definition) is 4. The maximum atomic E-state index is 12.5. The zero-order valence-corrected chi connectivity index (χ0v) is 14.8. The Kier molecular flexibility index (Phi) is 6.64. The van der Waals surface area contributed by atoms with Crippen LogP contribution in [0.15, 0.2) is 18.2 Å². The molecular weight excluding hydrogens is 306 g/mol. The molecule has 0 aliphatic carbocycles. The molecule has 1 aromatic rings. The van der Waals surface area contributed by atoms with Gasteiger partial charge in [0.2, 0.25) is 5.91 Å². The van der Waals surface area contributed by atoms with Crippen molar-refractivity contribution in [2.75, 3.05) is 20.3 Å². The van der Waals surface area contributed by atoms with Gasteiger partial charge in [-0.25, -0.2) is 0 Å². The molecule has 0 aromatic heterocycles. The zero-order chi connectivity index (χ0) is 17.5. The van der Waals surface area contributed by atoms with Crippen LogP contribution in [0.3, 0.4) is 0 Å². The Labute approximate surface area is 143 Å². The lowest BCUT2D eigenvalue weighted by molar-refractivity contribution is -0.144. The highest BCUT2D eigenvalue weighted by atomic mass is 16.5. The summed E-state index contributed by atoms with van der Waals surface area (Å²) in [7, 11) is 1.38. The van der Waals surface area contributed by atoms with Gasteiger partial charge in [-0.15, -0.1) is 0 Å². The second-order valence-electron chi connectivity index (χ2n) is 6.36. The first-order valence-corrected chi connectivity index (χ1v) is 8.57. The van der Waals surface area contributed by atoms with E-state index < -0.39 is 0 Å². The lowest BCUT2D eigenvalue weighted by Gasteiger charge is -2.35. The Bertz CT molecular complexity index is 585. The normalized spacial score (nSPS) is 17.5. The highest BCUT2D eigenvalue weighted by Crippen LogP contribution is 2.21. The van der Waals surface area contributed by atoms with Gasteiger partial charge in [0.25, 0.3) is 0 Å². The number of esters is 1. The summed E-state index contributed by atoms with van der Waals surface area (Å²) in [6, 6.07) is 5.89. The van der Waals surface area contributed by atoms with Crippen LogP contribution in [0.2, 0.25) is 0 Å². The summed E-state index contributed by atoms with van der Waals surface area (Å²) < 4.78 is 10.4. The van der Waals surface area contributed by atoms with Gasteiger partial charge in [0.15, 0.2) is 0 Å². The van der Waals surface area contributed by atoms with Crippen molar-refractivity contribution in [3.05, 3.63) is 29.3 Å². The first-order valence-electron chi connectivity index (χ1n) is 8.57. The summed E-state index contributed by atoms with van der Waals surface area (Å²) in [5.41, 5.74) is 2.39. The van der Waals surface area contributed by atoms with Crippen molar-refractivity contribution >= 4 is 11.9 Å². The van der Waals surface area contributed by atoms with E-state index in [-0.39, 0.29) is 24.3 Å². The van der Waals surface area contributed by atoms with Crippen LogP contribution in [0.25, 0.3) is 0 Å². The van der Waals surface area contributed by atoms with E-state index in [2.05, 4.69) is 6.92 Å². The van der Waals surface area contributed by atoms with Crippen molar-refractivity contribution in [1.82, 2.24) is 4.90 Å². The number of amides is 1. The van der Waals surface area contributed by atoms with Gasteiger partial charge in [0.05, 0.1) is 26.6 Å². The monoisotopic (exact) mass is 333 g/mol. The Hall–Kier alpha value is -2.04. The molecule has 0 bridgehead atoms. The van der Waals surface area contributed by atoms with E-state index in [9.17, 15) is 9.59 Å². The first-order chi connectivity index (χ1) is 11.5. The summed E-state index contributed by atoms with van der Waals surface area (Å²) in [5, 5.41) is 0. The smallest absolute Gasteiger partial charge is 0.307 e. The van der Waals surface area contributed by atoms with Crippen molar-refractivity contribution in [1.29, 1.82) is 0 Å². The van der Waals surface area contributed by atoms with Crippen molar-refractivity contribution < 1.29 is 19.1 Å². The van der Waals surface area contributed by atoms with Crippen molar-refractivity contribution in [2.24, 2.45) is 0 Å². The predicted molar refractivity (Wildman–Crippen MR) is 92.0 cm³/mol. The molecule has 1 aromatic carbocycles. The first kappa shape index (κ1) is 18.3. The Morgan fingerprint density at radius 1 is 1.21 bits per heavy atom. The van der Waals surface area contributed by atoms with E-state index in [1.165, 1.54) is 18.2 Å². The third kappa shape index (κ3) is 4.98. The predicted octanol–water partition coefficient (Wildman–Crippen LogP) is 3.02. The molecule has 24 heavy (non-hydrogen) atoms. The van der Waals surface area contributed by atoms with Gasteiger partial charge >= 0.3 is 5.97 Å². The number of likely N-dealkylation sites (tertiary alicyclic amines) is 1. The van der Waals surface area contributed by atoms with Gasteiger partial charge in [-0.05, 0) is 56.4 Å². The van der Waals surface area contributed by atoms with E-state index >= 15 is 0 Å². The minimum atomic E-state index is -0.258. The van der Waals surface area contributed by atoms with E-state index in [0.29, 0.717) is 19.6 Å². The fourth-order valence-electron chi connectivity index (χ4n) is 3.02. The van der Waals surface area contributed by atoms with Crippen LogP contribution in [0.4, 0.5) is 0 Å². The van der Waals surface area contributed by atoms with Crippen LogP contribution in [-0.2, 0) is 14.3 Å². The van der Waals surface area contributed by atoms with E-state index in [1.807, 2.05) is 30.0 Å². The number of carbonyl (C=O) groups is 2. The van der Waals surface area contributed by atoms with Crippen LogP contribution in [-0.4, -0.2) is 43.1 Å². The van der Waals surface area contributed by atoms with E-state index in [0.717, 1.165) is 25.0 Å². The van der Waals surface area contributed by atoms with Gasteiger partial charge in [-0.2, -0.15) is 0 Å². The number of rotatable bonds is 6. The largest absolute Gasteiger partial charge is 0.493 e. The molecule has 0 saturated carbocycles. The molecule has 1 unspecified atom stereocenters. The average molecular weight is 333 g/mol. The van der Waals surface area contributed by atoms with Crippen LogP contribution in [0.1, 0.15) is 43.2 Å². The molecule has 1 aliphatic rings. The third-order valence-electron chi connectivity index (χ3n) is 4.64. The number of hydrogen-bond donors (Lipinski definition) is 0. The molecule has 2 rings (SSSR count). The highest BCUT2D eigenvalue weighted by molar-refractivity contribution is 5.78. The number of carbonyl (C=O) groups excluding carboxylic acids is 2. The SMILES string of the molecule is COC(=O)CC1CCCCN1C(=O)CCOc1ccc(C)c(C)c1. The summed E-state index contributed by atoms with van der Waals surface area (Å²) in [5.74, 6) is 0.578. The quantitative estimate of drug-likeness (QED) is 0.751. The number of aryl methyl sites for hydroxylation is 2. The molecule has 1 heterocycles. The number of piperidine rings is 1. The average Bonchev–Trinajstić information content (AvgIpc) is 2.58. The minimum absolute atomic E-state index is 0.0414. The van der Waals surface area contributed by atoms with Crippen LogP contribution < -0.4 is 4.74 Å². The maximum Gasteiger partial charge on any atom is 0.307 e. The van der Waals surface area contributed by atoms with Crippen molar-refractivity contribution in [3.8, 4) is 5.75 Å². The number of nitrogens with zero attached hydrogens (tertiary/aromatic N) is 1. The number of benzene rings is 1. The lowest BCUT2D eigenvalue weighted by Crippen LogP contribution is -2.45. The topological polar surface area (TPSA) is 55.8 Å². The Morgan fingerprint density at radius 2 is 2.00 bits per heavy atom. The fraction of sp³-hybridized carbons (Fsp3) is 0.579. The number of methoxy groups -OCH3 is 1. The minimum Gasteiger partial charge on any atom is -0.493 e. The van der Waals surface area contributed by atoms with Gasteiger partial charge in [-0.1, -0.05) is 6.07 Å². The summed E-state index contributed by atoms with van der Waals surface area (Å²) in [6.45, 7) is 5.16. The molecular formula is C19H27NO4. The highest BCUT2D eigenvalue weighted by Gasteiger charge is 2.28. The molecule has 1 amide bonds. The molecule has 5 heteroatoms. The van der Waals surface area contributed by atoms with Crippen LogP contribution in [0, 0.1) is 13.8 Å². The van der Waals surface area contributed by atoms with E-state index in [1.54, 1.807) is 0 Å². The van der Waals surface area contributed by atoms with Crippen molar-refractivity contribution in [3.63, 3.8) is 0 Å². The summed E-state index contributed by atoms with van der Waals surface area (Å²) in [6.07, 6.45) is 3.50. The van der Waals surface area contributed by atoms with Crippen LogP contribution in [0.5, 0.6) is 5.75 Å². The van der Waals surface area contributed by atoms with Gasteiger partial charge in [0, 0.05) is 12.6 Å². The second-order valence-corrected chi connectivity index (χ2v) is 6.36. The number of ether oxygens (including phenoxy) is 2. The molecule has 1 fully saturated rings. The maximum absolute atomic E-state index is 12.5. The van der Waals surface area contributed by atoms with E-state index in [4.69, 9.17) is 9.47 Å². The second kappa shape index (κ2) is 8.71. The summed E-state index contributed by atoms with van der Waals surface area (Å²) >= 11 is 0. The van der Waals surface area contributed by atoms with Gasteiger partial charge < -0.3 is 14.4 Å². The van der Waals surface area contributed by atoms with Gasteiger partial charge in [0.1, 0.15) is 5.75 Å². The Morgan fingerprint density at radius 3 is 2.71 bits per heavy atom. The molecule has 1 atom stereocenters. The lowest BCUT2D eigenvalue weighted by atomic mass is 9.99. The fourth-order valence-corrected chi connectivity index (χ4v) is 3.02. The molecule has 0 N–H and O–H groups in total. The van der Waals surface area contributed by atoms with Crippen molar-refractivity contribution in [2.45, 2.75) is 52.0 Å². The zero-order valence-electron chi connectivity index (χ0n) is 14.8. The molecule has 0 spiro atoms. The van der Waals surface area contributed by atoms with Crippen LogP contribution >= 0.6 is 0 Å². The molecule has 1 saturated heterocycles. The van der Waals surface area contributed by atoms with Gasteiger partial charge in [-0.3, -0.25) is 9.59 Å². The molecule has 5 nitrogen and oxygen atoms in total. The summed E-state index contributed by atoms with van der Waals surface area (Å²) in [4.78, 5) is 25.8. The molecule has 0 radical (unpaired) electrons. The standard InChI is InChI=1S/C19H27NO4/c1-14-7-8-17(12-15(14)2)24-11-9-18(21)20-10-5-4-6-16(20)13-19(22)23-3/h7-8,12,16H,4-6,9-11,13H2,1-3H3. The Balaban J connectivity index is 1.85.